The first-order valence-electron chi connectivity index (χ1n) is 7.78. The Morgan fingerprint density at radius 3 is 3.04 bits per heavy atom. The summed E-state index contributed by atoms with van der Waals surface area (Å²) in [7, 11) is 0. The molecule has 2 aromatic rings. The minimum absolute atomic E-state index is 0.0522. The molecule has 0 saturated heterocycles. The number of thioether (sulfide) groups is 1. The molecule has 0 spiro atoms. The molecule has 2 heterocycles. The van der Waals surface area contributed by atoms with Gasteiger partial charge >= 0.3 is 5.97 Å². The van der Waals surface area contributed by atoms with Gasteiger partial charge in [-0.2, -0.15) is 0 Å². The van der Waals surface area contributed by atoms with Gasteiger partial charge in [0.05, 0.1) is 23.6 Å². The molecular formula is C18H18N2O3S. The van der Waals surface area contributed by atoms with Gasteiger partial charge in [-0.15, -0.1) is 11.8 Å². The number of aromatic nitrogens is 1. The van der Waals surface area contributed by atoms with Crippen molar-refractivity contribution in [2.75, 3.05) is 17.7 Å². The molecule has 1 aliphatic rings. The Kier molecular flexibility index (Phi) is 5.15. The van der Waals surface area contributed by atoms with Gasteiger partial charge in [0.2, 0.25) is 5.91 Å². The van der Waals surface area contributed by atoms with Gasteiger partial charge in [0.25, 0.3) is 0 Å². The van der Waals surface area contributed by atoms with Crippen molar-refractivity contribution in [3.8, 4) is 0 Å². The summed E-state index contributed by atoms with van der Waals surface area (Å²) >= 11 is 1.47. The normalized spacial score (nSPS) is 13.1. The zero-order valence-corrected chi connectivity index (χ0v) is 14.2. The topological polar surface area (TPSA) is 68.3 Å². The number of nitrogens with one attached hydrogen (secondary N) is 1. The number of hydrogen-bond donors (Lipinski definition) is 1. The summed E-state index contributed by atoms with van der Waals surface area (Å²) in [6, 6.07) is 11.1. The van der Waals surface area contributed by atoms with Crippen LogP contribution < -0.4 is 5.32 Å². The third kappa shape index (κ3) is 4.14. The fraction of sp³-hybridized carbons (Fsp3) is 0.278. The lowest BCUT2D eigenvalue weighted by Gasteiger charge is -2.16. The summed E-state index contributed by atoms with van der Waals surface area (Å²) in [6.45, 7) is 2.29. The summed E-state index contributed by atoms with van der Waals surface area (Å²) in [5, 5.41) is 2.77. The van der Waals surface area contributed by atoms with Crippen molar-refractivity contribution in [3.63, 3.8) is 0 Å². The molecule has 1 N–H and O–H groups in total. The second-order valence-corrected chi connectivity index (χ2v) is 6.57. The number of carbonyl (C=O) groups is 2. The average molecular weight is 342 g/mol. The second-order valence-electron chi connectivity index (χ2n) is 5.56. The van der Waals surface area contributed by atoms with Gasteiger partial charge in [0, 0.05) is 16.3 Å². The number of ether oxygens (including phenoxy) is 1. The highest BCUT2D eigenvalue weighted by Gasteiger charge is 2.17. The van der Waals surface area contributed by atoms with E-state index in [4.69, 9.17) is 4.74 Å². The average Bonchev–Trinajstić information content (AvgIpc) is 2.58. The lowest BCUT2D eigenvalue weighted by atomic mass is 10.2. The first-order chi connectivity index (χ1) is 11.6. The van der Waals surface area contributed by atoms with E-state index in [1.807, 2.05) is 31.2 Å². The van der Waals surface area contributed by atoms with Crippen LogP contribution in [-0.4, -0.2) is 29.2 Å². The number of carbonyl (C=O) groups excluding carboxylic acids is 2. The molecule has 124 valence electrons. The summed E-state index contributed by atoms with van der Waals surface area (Å²) in [5.41, 5.74) is 3.11. The molecule has 0 unspecified atom stereocenters. The zero-order chi connectivity index (χ0) is 16.9. The number of fused-ring (bicyclic) bond motifs is 1. The van der Waals surface area contributed by atoms with Gasteiger partial charge in [-0.25, -0.2) is 4.79 Å². The van der Waals surface area contributed by atoms with E-state index < -0.39 is 0 Å². The standard InChI is InChI=1S/C18H18N2O3S/c1-12-4-2-5-14(19-12)6-3-9-23-18(22)13-7-8-16-15(10-13)20-17(21)11-24-16/h2,4-5,7-8,10H,3,6,9,11H2,1H3,(H,20,21). The maximum absolute atomic E-state index is 12.1. The Bertz CT molecular complexity index is 777. The summed E-state index contributed by atoms with van der Waals surface area (Å²) in [4.78, 5) is 28.9. The summed E-state index contributed by atoms with van der Waals surface area (Å²) in [6.07, 6.45) is 1.49. The monoisotopic (exact) mass is 342 g/mol. The number of hydrogen-bond acceptors (Lipinski definition) is 5. The third-order valence-electron chi connectivity index (χ3n) is 3.60. The predicted octanol–water partition coefficient (Wildman–Crippen LogP) is 3.22. The van der Waals surface area contributed by atoms with Crippen LogP contribution in [0.4, 0.5) is 5.69 Å². The van der Waals surface area contributed by atoms with E-state index in [0.717, 1.165) is 29.1 Å². The highest BCUT2D eigenvalue weighted by Crippen LogP contribution is 2.32. The molecule has 1 amide bonds. The number of rotatable bonds is 5. The number of esters is 1. The van der Waals surface area contributed by atoms with Crippen LogP contribution in [0.1, 0.15) is 28.2 Å². The van der Waals surface area contributed by atoms with Crippen molar-refractivity contribution in [2.24, 2.45) is 0 Å². The van der Waals surface area contributed by atoms with Crippen molar-refractivity contribution < 1.29 is 14.3 Å². The highest BCUT2D eigenvalue weighted by atomic mass is 32.2. The van der Waals surface area contributed by atoms with E-state index in [0.29, 0.717) is 23.6 Å². The van der Waals surface area contributed by atoms with E-state index in [1.165, 1.54) is 11.8 Å². The molecule has 0 radical (unpaired) electrons. The van der Waals surface area contributed by atoms with Crippen molar-refractivity contribution in [1.82, 2.24) is 4.98 Å². The van der Waals surface area contributed by atoms with Gasteiger partial charge in [0.15, 0.2) is 0 Å². The van der Waals surface area contributed by atoms with E-state index in [1.54, 1.807) is 12.1 Å². The third-order valence-corrected chi connectivity index (χ3v) is 4.68. The van der Waals surface area contributed by atoms with Gasteiger partial charge in [-0.05, 0) is 50.1 Å². The second kappa shape index (κ2) is 7.49. The SMILES string of the molecule is Cc1cccc(CCCOC(=O)c2ccc3c(c2)NC(=O)CS3)n1. The van der Waals surface area contributed by atoms with Crippen LogP contribution >= 0.6 is 11.8 Å². The Morgan fingerprint density at radius 1 is 1.33 bits per heavy atom. The molecule has 0 aliphatic carbocycles. The van der Waals surface area contributed by atoms with Gasteiger partial charge in [0.1, 0.15) is 0 Å². The van der Waals surface area contributed by atoms with Crippen molar-refractivity contribution >= 4 is 29.3 Å². The summed E-state index contributed by atoms with van der Waals surface area (Å²) < 4.78 is 5.31. The first-order valence-corrected chi connectivity index (χ1v) is 8.77. The van der Waals surface area contributed by atoms with Crippen LogP contribution in [0.5, 0.6) is 0 Å². The Hall–Kier alpha value is -2.34. The van der Waals surface area contributed by atoms with Crippen LogP contribution in [-0.2, 0) is 16.0 Å². The van der Waals surface area contributed by atoms with Crippen molar-refractivity contribution in [1.29, 1.82) is 0 Å². The van der Waals surface area contributed by atoms with Crippen LogP contribution in [0.2, 0.25) is 0 Å². The van der Waals surface area contributed by atoms with Crippen LogP contribution in [0, 0.1) is 6.92 Å². The number of benzene rings is 1. The Labute approximate surface area is 144 Å². The molecule has 6 heteroatoms. The lowest BCUT2D eigenvalue weighted by Crippen LogP contribution is -2.19. The molecular weight excluding hydrogens is 324 g/mol. The first kappa shape index (κ1) is 16.5. The number of aryl methyl sites for hydroxylation is 2. The van der Waals surface area contributed by atoms with Gasteiger partial charge < -0.3 is 10.1 Å². The molecule has 1 aromatic heterocycles. The smallest absolute Gasteiger partial charge is 0.338 e. The van der Waals surface area contributed by atoms with E-state index in [9.17, 15) is 9.59 Å². The minimum Gasteiger partial charge on any atom is -0.462 e. The molecule has 5 nitrogen and oxygen atoms in total. The van der Waals surface area contributed by atoms with E-state index in [2.05, 4.69) is 10.3 Å². The maximum atomic E-state index is 12.1. The van der Waals surface area contributed by atoms with Gasteiger partial charge in [-0.3, -0.25) is 9.78 Å². The molecule has 3 rings (SSSR count). The van der Waals surface area contributed by atoms with Gasteiger partial charge in [-0.1, -0.05) is 6.07 Å². The Balaban J connectivity index is 1.52. The van der Waals surface area contributed by atoms with E-state index >= 15 is 0 Å². The van der Waals surface area contributed by atoms with Crippen LogP contribution in [0.3, 0.4) is 0 Å². The molecule has 1 aliphatic heterocycles. The summed E-state index contributed by atoms with van der Waals surface area (Å²) in [5.74, 6) is -0.0208. The lowest BCUT2D eigenvalue weighted by molar-refractivity contribution is -0.113. The highest BCUT2D eigenvalue weighted by molar-refractivity contribution is 8.00. The van der Waals surface area contributed by atoms with Crippen LogP contribution in [0.15, 0.2) is 41.3 Å². The number of pyridine rings is 1. The zero-order valence-electron chi connectivity index (χ0n) is 13.4. The Morgan fingerprint density at radius 2 is 2.21 bits per heavy atom. The molecule has 0 fully saturated rings. The molecule has 0 bridgehead atoms. The molecule has 1 aromatic carbocycles. The fourth-order valence-electron chi connectivity index (χ4n) is 2.45. The maximum Gasteiger partial charge on any atom is 0.338 e. The largest absolute Gasteiger partial charge is 0.462 e. The van der Waals surface area contributed by atoms with Crippen molar-refractivity contribution in [2.45, 2.75) is 24.7 Å². The quantitative estimate of drug-likeness (QED) is 0.667. The van der Waals surface area contributed by atoms with E-state index in [-0.39, 0.29) is 11.9 Å². The number of amides is 1. The van der Waals surface area contributed by atoms with Crippen LogP contribution in [0.25, 0.3) is 0 Å². The number of anilines is 1. The minimum atomic E-state index is -0.375. The molecule has 0 atom stereocenters. The predicted molar refractivity (Wildman–Crippen MR) is 93.4 cm³/mol. The molecule has 0 saturated carbocycles. The van der Waals surface area contributed by atoms with Crippen molar-refractivity contribution in [3.05, 3.63) is 53.3 Å². The molecule has 24 heavy (non-hydrogen) atoms. The number of nitrogens with zero attached hydrogens (tertiary/aromatic N) is 1. The fourth-order valence-corrected chi connectivity index (χ4v) is 3.24.